The lowest BCUT2D eigenvalue weighted by Gasteiger charge is -2.30. The zero-order valence-corrected chi connectivity index (χ0v) is 15.3. The van der Waals surface area contributed by atoms with E-state index in [4.69, 9.17) is 4.74 Å². The van der Waals surface area contributed by atoms with Crippen LogP contribution in [0.5, 0.6) is 0 Å². The van der Waals surface area contributed by atoms with Gasteiger partial charge in [0.2, 0.25) is 5.91 Å². The third kappa shape index (κ3) is 6.89. The van der Waals surface area contributed by atoms with E-state index in [1.54, 1.807) is 18.0 Å². The third-order valence-corrected chi connectivity index (χ3v) is 4.14. The lowest BCUT2D eigenvalue weighted by molar-refractivity contribution is -0.132. The van der Waals surface area contributed by atoms with Crippen molar-refractivity contribution in [2.45, 2.75) is 51.7 Å². The summed E-state index contributed by atoms with van der Waals surface area (Å²) in [5, 5.41) is 4.23. The summed E-state index contributed by atoms with van der Waals surface area (Å²) < 4.78 is 6.75. The van der Waals surface area contributed by atoms with Crippen LogP contribution in [0, 0.1) is 0 Å². The SMILES string of the molecule is CCC.COCCc1cnn(CC(=O)N2CCC(P)CC2)c1. The van der Waals surface area contributed by atoms with Gasteiger partial charge in [0, 0.05) is 26.4 Å². The summed E-state index contributed by atoms with van der Waals surface area (Å²) in [6.45, 7) is 7.01. The molecule has 0 N–H and O–H groups in total. The smallest absolute Gasteiger partial charge is 0.244 e. The van der Waals surface area contributed by atoms with Gasteiger partial charge >= 0.3 is 0 Å². The van der Waals surface area contributed by atoms with Gasteiger partial charge in [-0.2, -0.15) is 5.10 Å². The van der Waals surface area contributed by atoms with Crippen molar-refractivity contribution in [1.82, 2.24) is 14.7 Å². The summed E-state index contributed by atoms with van der Waals surface area (Å²) in [7, 11) is 4.53. The van der Waals surface area contributed by atoms with E-state index in [-0.39, 0.29) is 5.91 Å². The van der Waals surface area contributed by atoms with E-state index in [0.717, 1.165) is 37.9 Å². The molecule has 1 aromatic heterocycles. The lowest BCUT2D eigenvalue weighted by Crippen LogP contribution is -2.40. The first kappa shape index (κ1) is 19.1. The Kier molecular flexibility index (Phi) is 9.33. The Labute approximate surface area is 136 Å². The van der Waals surface area contributed by atoms with Crippen molar-refractivity contribution in [1.29, 1.82) is 0 Å². The van der Waals surface area contributed by atoms with Gasteiger partial charge in [-0.05, 0) is 30.5 Å². The number of carbonyl (C=O) groups excluding carboxylic acids is 1. The summed E-state index contributed by atoms with van der Waals surface area (Å²) in [5.41, 5.74) is 1.77. The normalized spacial score (nSPS) is 15.4. The van der Waals surface area contributed by atoms with Crippen LogP contribution >= 0.6 is 9.24 Å². The Morgan fingerprint density at radius 3 is 2.64 bits per heavy atom. The Morgan fingerprint density at radius 1 is 1.41 bits per heavy atom. The van der Waals surface area contributed by atoms with Crippen molar-refractivity contribution in [2.24, 2.45) is 0 Å². The fraction of sp³-hybridized carbons (Fsp3) is 0.750. The summed E-state index contributed by atoms with van der Waals surface area (Å²) in [5.74, 6) is 0.165. The third-order valence-electron chi connectivity index (χ3n) is 3.47. The molecule has 0 saturated carbocycles. The van der Waals surface area contributed by atoms with E-state index < -0.39 is 0 Å². The van der Waals surface area contributed by atoms with Crippen molar-refractivity contribution in [3.05, 3.63) is 18.0 Å². The first-order valence-corrected chi connectivity index (χ1v) is 8.80. The first-order chi connectivity index (χ1) is 10.6. The maximum atomic E-state index is 12.1. The molecule has 2 heterocycles. The number of methoxy groups -OCH3 is 1. The average molecular weight is 327 g/mol. The molecule has 1 aliphatic rings. The highest BCUT2D eigenvalue weighted by Crippen LogP contribution is 2.17. The molecule has 0 radical (unpaired) electrons. The number of likely N-dealkylation sites (tertiary alicyclic amines) is 1. The molecule has 1 aromatic rings. The fourth-order valence-corrected chi connectivity index (χ4v) is 2.53. The predicted octanol–water partition coefficient (Wildman–Crippen LogP) is 2.35. The molecule has 1 unspecified atom stereocenters. The maximum absolute atomic E-state index is 12.1. The standard InChI is InChI=1S/C13H22N3O2P.C3H8/c1-18-7-4-11-8-14-16(9-11)10-13(17)15-5-2-12(19)3-6-15;1-3-2/h8-9,12H,2-7,10,19H2,1H3;3H2,1-2H3. The van der Waals surface area contributed by atoms with Crippen LogP contribution in [0.3, 0.4) is 0 Å². The summed E-state index contributed by atoms with van der Waals surface area (Å²) in [4.78, 5) is 14.1. The van der Waals surface area contributed by atoms with E-state index in [1.165, 1.54) is 6.42 Å². The van der Waals surface area contributed by atoms with Crippen LogP contribution in [0.2, 0.25) is 0 Å². The van der Waals surface area contributed by atoms with E-state index in [0.29, 0.717) is 18.8 Å². The van der Waals surface area contributed by atoms with Crippen LogP contribution in [0.4, 0.5) is 0 Å². The largest absolute Gasteiger partial charge is 0.384 e. The van der Waals surface area contributed by atoms with Crippen molar-refractivity contribution in [3.63, 3.8) is 0 Å². The van der Waals surface area contributed by atoms with Crippen molar-refractivity contribution >= 4 is 15.1 Å². The molecular formula is C16H30N3O2P. The van der Waals surface area contributed by atoms with Crippen molar-refractivity contribution < 1.29 is 9.53 Å². The lowest BCUT2D eigenvalue weighted by atomic mass is 10.1. The molecule has 2 rings (SSSR count). The van der Waals surface area contributed by atoms with Crippen LogP contribution in [0.25, 0.3) is 0 Å². The van der Waals surface area contributed by atoms with E-state index in [9.17, 15) is 4.79 Å². The topological polar surface area (TPSA) is 47.4 Å². The number of hydrogen-bond donors (Lipinski definition) is 0. The van der Waals surface area contributed by atoms with Crippen LogP contribution < -0.4 is 0 Å². The van der Waals surface area contributed by atoms with Crippen molar-refractivity contribution in [2.75, 3.05) is 26.8 Å². The van der Waals surface area contributed by atoms with E-state index in [1.807, 2.05) is 11.1 Å². The molecule has 126 valence electrons. The number of ether oxygens (including phenoxy) is 1. The highest BCUT2D eigenvalue weighted by Gasteiger charge is 2.20. The molecule has 22 heavy (non-hydrogen) atoms. The number of hydrogen-bond acceptors (Lipinski definition) is 3. The van der Waals surface area contributed by atoms with Gasteiger partial charge < -0.3 is 9.64 Å². The zero-order chi connectivity index (χ0) is 16.4. The number of amides is 1. The number of carbonyl (C=O) groups is 1. The highest BCUT2D eigenvalue weighted by molar-refractivity contribution is 7.17. The van der Waals surface area contributed by atoms with Gasteiger partial charge in [0.1, 0.15) is 6.54 Å². The zero-order valence-electron chi connectivity index (χ0n) is 14.1. The number of rotatable bonds is 5. The molecule has 1 aliphatic heterocycles. The quantitative estimate of drug-likeness (QED) is 0.780. The van der Waals surface area contributed by atoms with Gasteiger partial charge in [-0.25, -0.2) is 0 Å². The molecule has 0 aromatic carbocycles. The monoisotopic (exact) mass is 327 g/mol. The second-order valence-corrected chi connectivity index (χ2v) is 6.66. The molecule has 6 heteroatoms. The molecule has 1 amide bonds. The summed E-state index contributed by atoms with van der Waals surface area (Å²) in [6, 6.07) is 0. The van der Waals surface area contributed by atoms with Gasteiger partial charge in [-0.15, -0.1) is 9.24 Å². The second-order valence-electron chi connectivity index (χ2n) is 5.71. The second kappa shape index (κ2) is 10.7. The summed E-state index contributed by atoms with van der Waals surface area (Å²) in [6.07, 6.45) is 7.98. The summed E-state index contributed by atoms with van der Waals surface area (Å²) >= 11 is 0. The number of piperidine rings is 1. The van der Waals surface area contributed by atoms with E-state index >= 15 is 0 Å². The Morgan fingerprint density at radius 2 is 2.05 bits per heavy atom. The van der Waals surface area contributed by atoms with Crippen LogP contribution in [0.15, 0.2) is 12.4 Å². The van der Waals surface area contributed by atoms with Gasteiger partial charge in [0.15, 0.2) is 0 Å². The molecule has 1 fully saturated rings. The molecule has 0 bridgehead atoms. The molecule has 0 aliphatic carbocycles. The molecular weight excluding hydrogens is 297 g/mol. The molecule has 1 atom stereocenters. The van der Waals surface area contributed by atoms with Crippen LogP contribution in [-0.2, 0) is 22.5 Å². The van der Waals surface area contributed by atoms with Crippen molar-refractivity contribution in [3.8, 4) is 0 Å². The van der Waals surface area contributed by atoms with Gasteiger partial charge in [-0.1, -0.05) is 20.3 Å². The fourth-order valence-electron chi connectivity index (χ4n) is 2.23. The number of aromatic nitrogens is 2. The molecule has 5 nitrogen and oxygen atoms in total. The molecule has 1 saturated heterocycles. The first-order valence-electron chi connectivity index (χ1n) is 8.14. The van der Waals surface area contributed by atoms with Gasteiger partial charge in [-0.3, -0.25) is 9.48 Å². The molecule has 0 spiro atoms. The minimum absolute atomic E-state index is 0.165. The minimum Gasteiger partial charge on any atom is -0.384 e. The highest BCUT2D eigenvalue weighted by atomic mass is 31.0. The Balaban J connectivity index is 0.000000745. The minimum atomic E-state index is 0.165. The maximum Gasteiger partial charge on any atom is 0.244 e. The predicted molar refractivity (Wildman–Crippen MR) is 93.1 cm³/mol. The Bertz CT molecular complexity index is 429. The van der Waals surface area contributed by atoms with Gasteiger partial charge in [0.05, 0.1) is 12.8 Å². The number of nitrogens with zero attached hydrogens (tertiary/aromatic N) is 3. The Hall–Kier alpha value is -0.930. The van der Waals surface area contributed by atoms with Crippen LogP contribution in [0.1, 0.15) is 38.7 Å². The van der Waals surface area contributed by atoms with Crippen LogP contribution in [-0.4, -0.2) is 53.1 Å². The van der Waals surface area contributed by atoms with E-state index in [2.05, 4.69) is 28.2 Å². The van der Waals surface area contributed by atoms with Gasteiger partial charge in [0.25, 0.3) is 0 Å². The average Bonchev–Trinajstić information content (AvgIpc) is 2.94.